The third kappa shape index (κ3) is 5.39. The number of methoxy groups -OCH3 is 1. The maximum Gasteiger partial charge on any atom is 0.327 e. The number of amides is 3. The van der Waals surface area contributed by atoms with E-state index >= 15 is 0 Å². The fraction of sp³-hybridized carbons (Fsp3) is 0.103. The Morgan fingerprint density at radius 3 is 2.22 bits per heavy atom. The van der Waals surface area contributed by atoms with Crippen LogP contribution >= 0.6 is 0 Å². The van der Waals surface area contributed by atoms with Crippen molar-refractivity contribution in [2.75, 3.05) is 13.7 Å². The first-order valence-corrected chi connectivity index (χ1v) is 15.8. The molecular weight excluding hydrogens is 616 g/mol. The summed E-state index contributed by atoms with van der Waals surface area (Å²) in [6, 6.07) is 35.7. The van der Waals surface area contributed by atoms with Gasteiger partial charge in [0.05, 0.1) is 48.2 Å². The van der Waals surface area contributed by atoms with E-state index in [1.807, 2.05) is 103 Å². The van der Waals surface area contributed by atoms with Crippen LogP contribution in [0.2, 0.25) is 0 Å². The normalized spacial score (nSPS) is 13.2. The quantitative estimate of drug-likeness (QED) is 0.188. The summed E-state index contributed by atoms with van der Waals surface area (Å²) in [4.78, 5) is 53.9. The fourth-order valence-corrected chi connectivity index (χ4v) is 6.41. The van der Waals surface area contributed by atoms with Crippen LogP contribution in [-0.4, -0.2) is 55.0 Å². The molecule has 3 amide bonds. The summed E-state index contributed by atoms with van der Waals surface area (Å²) in [5, 5.41) is 4.21. The fourth-order valence-electron chi connectivity index (χ4n) is 6.41. The van der Waals surface area contributed by atoms with Crippen molar-refractivity contribution < 1.29 is 14.3 Å². The maximum absolute atomic E-state index is 14.7. The van der Waals surface area contributed by atoms with Crippen molar-refractivity contribution in [3.63, 3.8) is 0 Å². The second kappa shape index (κ2) is 12.2. The number of hydrogen-bond acceptors (Lipinski definition) is 6. The van der Waals surface area contributed by atoms with Gasteiger partial charge in [0.25, 0.3) is 11.5 Å². The van der Waals surface area contributed by atoms with Crippen molar-refractivity contribution in [2.45, 2.75) is 13.1 Å². The summed E-state index contributed by atoms with van der Waals surface area (Å²) >= 11 is 0. The van der Waals surface area contributed by atoms with Gasteiger partial charge in [-0.15, -0.1) is 0 Å². The SMILES string of the molecule is COc1ccc(CN2C(=O)CN(Cc3nc4c(-c5ccccc5)c(-c5ccccc5)[nH]n4c(=O)c3-c3ccc4ncccc4c3)C2=O)cc1. The average Bonchev–Trinajstić information content (AvgIpc) is 3.65. The Morgan fingerprint density at radius 1 is 0.755 bits per heavy atom. The number of rotatable bonds is 8. The van der Waals surface area contributed by atoms with Gasteiger partial charge in [-0.1, -0.05) is 84.9 Å². The number of ether oxygens (including phenoxy) is 1. The van der Waals surface area contributed by atoms with E-state index in [9.17, 15) is 14.4 Å². The van der Waals surface area contributed by atoms with Crippen molar-refractivity contribution in [1.82, 2.24) is 29.4 Å². The molecule has 240 valence electrons. The van der Waals surface area contributed by atoms with Crippen LogP contribution in [0, 0.1) is 0 Å². The zero-order valence-corrected chi connectivity index (χ0v) is 26.5. The average molecular weight is 647 g/mol. The second-order valence-electron chi connectivity index (χ2n) is 11.9. The topological polar surface area (TPSA) is 113 Å². The lowest BCUT2D eigenvalue weighted by Crippen LogP contribution is -2.33. The minimum Gasteiger partial charge on any atom is -0.497 e. The molecule has 49 heavy (non-hydrogen) atoms. The molecule has 0 saturated carbocycles. The van der Waals surface area contributed by atoms with Gasteiger partial charge in [0, 0.05) is 17.1 Å². The van der Waals surface area contributed by atoms with Crippen LogP contribution in [0.25, 0.3) is 50.1 Å². The summed E-state index contributed by atoms with van der Waals surface area (Å²) in [7, 11) is 1.58. The van der Waals surface area contributed by atoms with Gasteiger partial charge in [0.15, 0.2) is 5.65 Å². The number of urea groups is 1. The van der Waals surface area contributed by atoms with E-state index < -0.39 is 6.03 Å². The highest BCUT2D eigenvalue weighted by Gasteiger charge is 2.37. The lowest BCUT2D eigenvalue weighted by molar-refractivity contribution is -0.125. The third-order valence-electron chi connectivity index (χ3n) is 8.84. The predicted molar refractivity (Wildman–Crippen MR) is 187 cm³/mol. The number of benzene rings is 4. The zero-order valence-electron chi connectivity index (χ0n) is 26.5. The number of aromatic amines is 1. The van der Waals surface area contributed by atoms with E-state index in [1.165, 1.54) is 14.3 Å². The number of imide groups is 1. The zero-order chi connectivity index (χ0) is 33.5. The van der Waals surface area contributed by atoms with Crippen LogP contribution in [-0.2, 0) is 17.9 Å². The molecule has 0 spiro atoms. The highest BCUT2D eigenvalue weighted by Crippen LogP contribution is 2.35. The predicted octanol–water partition coefficient (Wildman–Crippen LogP) is 6.54. The monoisotopic (exact) mass is 646 g/mol. The van der Waals surface area contributed by atoms with Crippen molar-refractivity contribution in [1.29, 1.82) is 0 Å². The molecule has 0 aliphatic carbocycles. The van der Waals surface area contributed by atoms with Crippen LogP contribution < -0.4 is 10.3 Å². The number of aromatic nitrogens is 4. The molecule has 0 unspecified atom stereocenters. The molecule has 3 aromatic heterocycles. The molecule has 10 nitrogen and oxygen atoms in total. The van der Waals surface area contributed by atoms with E-state index in [0.29, 0.717) is 28.2 Å². The first-order chi connectivity index (χ1) is 24.0. The van der Waals surface area contributed by atoms with Gasteiger partial charge in [-0.05, 0) is 47.0 Å². The van der Waals surface area contributed by atoms with Gasteiger partial charge < -0.3 is 9.64 Å². The summed E-state index contributed by atoms with van der Waals surface area (Å²) in [6.07, 6.45) is 1.72. The Morgan fingerprint density at radius 2 is 1.49 bits per heavy atom. The van der Waals surface area contributed by atoms with Crippen LogP contribution in [0.15, 0.2) is 126 Å². The molecule has 10 heteroatoms. The minimum absolute atomic E-state index is 0.0457. The van der Waals surface area contributed by atoms with Crippen LogP contribution in [0.4, 0.5) is 4.79 Å². The van der Waals surface area contributed by atoms with Gasteiger partial charge in [-0.2, -0.15) is 4.52 Å². The van der Waals surface area contributed by atoms with E-state index in [1.54, 1.807) is 25.4 Å². The highest BCUT2D eigenvalue weighted by molar-refractivity contribution is 6.02. The molecule has 1 aliphatic heterocycles. The molecule has 0 bridgehead atoms. The first-order valence-electron chi connectivity index (χ1n) is 15.8. The number of fused-ring (bicyclic) bond motifs is 2. The Bertz CT molecular complexity index is 2420. The number of nitrogens with one attached hydrogen (secondary N) is 1. The van der Waals surface area contributed by atoms with Gasteiger partial charge in [-0.3, -0.25) is 24.6 Å². The van der Waals surface area contributed by atoms with E-state index in [-0.39, 0.29) is 31.1 Å². The first kappa shape index (κ1) is 29.8. The van der Waals surface area contributed by atoms with Gasteiger partial charge in [-0.25, -0.2) is 9.78 Å². The Labute approximate surface area is 280 Å². The molecule has 7 aromatic rings. The molecule has 4 aromatic carbocycles. The molecule has 1 aliphatic rings. The number of carbonyl (C=O) groups is 2. The van der Waals surface area contributed by atoms with Crippen LogP contribution in [0.5, 0.6) is 5.75 Å². The number of pyridine rings is 1. The van der Waals surface area contributed by atoms with Gasteiger partial charge in [0.2, 0.25) is 0 Å². The van der Waals surface area contributed by atoms with Gasteiger partial charge >= 0.3 is 6.03 Å². The largest absolute Gasteiger partial charge is 0.497 e. The van der Waals surface area contributed by atoms with E-state index in [0.717, 1.165) is 38.9 Å². The van der Waals surface area contributed by atoms with Crippen LogP contribution in [0.3, 0.4) is 0 Å². The summed E-state index contributed by atoms with van der Waals surface area (Å²) in [5.74, 6) is 0.360. The van der Waals surface area contributed by atoms with Crippen LogP contribution in [0.1, 0.15) is 11.3 Å². The number of hydrogen-bond donors (Lipinski definition) is 1. The Balaban J connectivity index is 1.28. The number of H-pyrrole nitrogens is 1. The van der Waals surface area contributed by atoms with E-state index in [4.69, 9.17) is 9.72 Å². The van der Waals surface area contributed by atoms with Crippen molar-refractivity contribution >= 4 is 28.5 Å². The summed E-state index contributed by atoms with van der Waals surface area (Å²) in [5.41, 5.74) is 6.28. The standard InChI is InChI=1S/C39H30N6O4/c1-49-30-17-14-25(15-18-30)22-44-33(46)24-43(39(44)48)23-32-34(29-16-19-31-28(21-29)13-8-20-40-31)38(47)45-37(41-32)35(26-9-4-2-5-10-26)36(42-45)27-11-6-3-7-12-27/h2-21,42H,22-24H2,1H3. The molecular formula is C39H30N6O4. The number of nitrogens with zero attached hydrogens (tertiary/aromatic N) is 5. The number of carbonyl (C=O) groups excluding carboxylic acids is 2. The van der Waals surface area contributed by atoms with Crippen molar-refractivity contribution in [2.24, 2.45) is 0 Å². The van der Waals surface area contributed by atoms with Crippen molar-refractivity contribution in [3.05, 3.63) is 143 Å². The summed E-state index contributed by atoms with van der Waals surface area (Å²) in [6.45, 7) is -0.0603. The van der Waals surface area contributed by atoms with E-state index in [2.05, 4.69) is 10.1 Å². The molecule has 1 fully saturated rings. The molecule has 1 N–H and O–H groups in total. The third-order valence-corrected chi connectivity index (χ3v) is 8.84. The summed E-state index contributed by atoms with van der Waals surface area (Å²) < 4.78 is 6.72. The molecule has 0 atom stereocenters. The molecule has 8 rings (SSSR count). The lowest BCUT2D eigenvalue weighted by atomic mass is 10.0. The Hall–Kier alpha value is -6.55. The second-order valence-corrected chi connectivity index (χ2v) is 11.9. The smallest absolute Gasteiger partial charge is 0.327 e. The van der Waals surface area contributed by atoms with Crippen molar-refractivity contribution in [3.8, 4) is 39.3 Å². The highest BCUT2D eigenvalue weighted by atomic mass is 16.5. The minimum atomic E-state index is -0.446. The Kier molecular flexibility index (Phi) is 7.45. The van der Waals surface area contributed by atoms with Gasteiger partial charge in [0.1, 0.15) is 12.3 Å². The molecule has 4 heterocycles. The molecule has 0 radical (unpaired) electrons. The lowest BCUT2D eigenvalue weighted by Gasteiger charge is -2.19. The maximum atomic E-state index is 14.7. The molecule has 1 saturated heterocycles.